The fraction of sp³-hybridized carbons (Fsp3) is 0.533. The van der Waals surface area contributed by atoms with Crippen molar-refractivity contribution in [3.63, 3.8) is 0 Å². The quantitative estimate of drug-likeness (QED) is 0.445. The molecule has 0 atom stereocenters. The number of unbranched alkanes of at least 4 members (excludes halogenated alkanes) is 1. The standard InChI is InChI=1S/C15H25N3O.HI/c1-4-6-11-18(3)15(16-5-2)17-12-13-7-9-14(19)10-8-13;/h7-10,19H,4-6,11-12H2,1-3H3,(H,16,17);1H. The third-order valence-electron chi connectivity index (χ3n) is 2.89. The molecule has 0 saturated carbocycles. The van der Waals surface area contributed by atoms with E-state index in [9.17, 15) is 5.11 Å². The van der Waals surface area contributed by atoms with E-state index in [-0.39, 0.29) is 24.0 Å². The molecule has 1 aromatic rings. The van der Waals surface area contributed by atoms with Crippen LogP contribution in [0.4, 0.5) is 0 Å². The summed E-state index contributed by atoms with van der Waals surface area (Å²) in [5.41, 5.74) is 1.09. The van der Waals surface area contributed by atoms with Crippen LogP contribution in [0, 0.1) is 0 Å². The summed E-state index contributed by atoms with van der Waals surface area (Å²) in [6.07, 6.45) is 2.35. The third-order valence-corrected chi connectivity index (χ3v) is 2.89. The minimum atomic E-state index is 0. The lowest BCUT2D eigenvalue weighted by Gasteiger charge is -2.21. The largest absolute Gasteiger partial charge is 0.508 e. The highest BCUT2D eigenvalue weighted by atomic mass is 127. The van der Waals surface area contributed by atoms with Crippen molar-refractivity contribution in [2.45, 2.75) is 33.2 Å². The first-order chi connectivity index (χ1) is 9.17. The predicted molar refractivity (Wildman–Crippen MR) is 95.9 cm³/mol. The van der Waals surface area contributed by atoms with Gasteiger partial charge in [0.2, 0.25) is 0 Å². The Balaban J connectivity index is 0.00000361. The van der Waals surface area contributed by atoms with Gasteiger partial charge in [0.05, 0.1) is 6.54 Å². The van der Waals surface area contributed by atoms with E-state index in [0.29, 0.717) is 12.3 Å². The molecular formula is C15H26IN3O. The molecule has 0 spiro atoms. The number of hydrogen-bond donors (Lipinski definition) is 2. The Labute approximate surface area is 139 Å². The van der Waals surface area contributed by atoms with Gasteiger partial charge in [0.25, 0.3) is 0 Å². The van der Waals surface area contributed by atoms with E-state index in [2.05, 4.69) is 36.1 Å². The van der Waals surface area contributed by atoms with Crippen LogP contribution in [0.2, 0.25) is 0 Å². The number of rotatable bonds is 6. The number of nitrogens with one attached hydrogen (secondary N) is 1. The van der Waals surface area contributed by atoms with E-state index >= 15 is 0 Å². The predicted octanol–water partition coefficient (Wildman–Crippen LogP) is 3.21. The number of aromatic hydroxyl groups is 1. The van der Waals surface area contributed by atoms with E-state index in [1.165, 1.54) is 12.8 Å². The summed E-state index contributed by atoms with van der Waals surface area (Å²) >= 11 is 0. The van der Waals surface area contributed by atoms with Crippen molar-refractivity contribution in [3.05, 3.63) is 29.8 Å². The Morgan fingerprint density at radius 3 is 2.45 bits per heavy atom. The van der Waals surface area contributed by atoms with Gasteiger partial charge in [0, 0.05) is 20.1 Å². The summed E-state index contributed by atoms with van der Waals surface area (Å²) < 4.78 is 0. The lowest BCUT2D eigenvalue weighted by atomic mass is 10.2. The number of phenols is 1. The molecule has 0 aromatic heterocycles. The summed E-state index contributed by atoms with van der Waals surface area (Å²) in [6.45, 7) is 6.76. The van der Waals surface area contributed by atoms with Gasteiger partial charge in [0.1, 0.15) is 5.75 Å². The first-order valence-corrected chi connectivity index (χ1v) is 6.94. The van der Waals surface area contributed by atoms with Crippen molar-refractivity contribution < 1.29 is 5.11 Å². The first-order valence-electron chi connectivity index (χ1n) is 6.94. The highest BCUT2D eigenvalue weighted by Gasteiger charge is 2.04. The summed E-state index contributed by atoms with van der Waals surface area (Å²) in [7, 11) is 2.06. The maximum Gasteiger partial charge on any atom is 0.193 e. The normalized spacial score (nSPS) is 10.8. The molecule has 114 valence electrons. The molecule has 0 bridgehead atoms. The van der Waals surface area contributed by atoms with Gasteiger partial charge in [-0.05, 0) is 31.0 Å². The molecule has 0 fully saturated rings. The number of aliphatic imine (C=N–C) groups is 1. The second-order valence-electron chi connectivity index (χ2n) is 4.61. The van der Waals surface area contributed by atoms with Crippen LogP contribution < -0.4 is 5.32 Å². The van der Waals surface area contributed by atoms with Gasteiger partial charge in [-0.1, -0.05) is 25.5 Å². The van der Waals surface area contributed by atoms with E-state index in [4.69, 9.17) is 0 Å². The molecule has 0 saturated heterocycles. The van der Waals surface area contributed by atoms with Crippen molar-refractivity contribution in [2.75, 3.05) is 20.1 Å². The molecule has 1 rings (SSSR count). The van der Waals surface area contributed by atoms with Gasteiger partial charge in [-0.25, -0.2) is 4.99 Å². The second kappa shape index (κ2) is 10.8. The summed E-state index contributed by atoms with van der Waals surface area (Å²) in [5, 5.41) is 12.5. The van der Waals surface area contributed by atoms with Gasteiger partial charge in [-0.15, -0.1) is 24.0 Å². The Hall–Kier alpha value is -0.980. The van der Waals surface area contributed by atoms with E-state index in [1.807, 2.05) is 12.1 Å². The molecule has 2 N–H and O–H groups in total. The summed E-state index contributed by atoms with van der Waals surface area (Å²) in [6, 6.07) is 7.18. The van der Waals surface area contributed by atoms with Crippen molar-refractivity contribution in [1.82, 2.24) is 10.2 Å². The lowest BCUT2D eigenvalue weighted by molar-refractivity contribution is 0.464. The monoisotopic (exact) mass is 391 g/mol. The van der Waals surface area contributed by atoms with E-state index in [1.54, 1.807) is 12.1 Å². The zero-order valence-corrected chi connectivity index (χ0v) is 14.9. The fourth-order valence-corrected chi connectivity index (χ4v) is 1.74. The number of guanidine groups is 1. The average Bonchev–Trinajstić information content (AvgIpc) is 2.42. The van der Waals surface area contributed by atoms with Gasteiger partial charge in [-0.3, -0.25) is 0 Å². The van der Waals surface area contributed by atoms with Crippen molar-refractivity contribution >= 4 is 29.9 Å². The summed E-state index contributed by atoms with van der Waals surface area (Å²) in [5.74, 6) is 1.23. The van der Waals surface area contributed by atoms with E-state index in [0.717, 1.165) is 24.6 Å². The zero-order chi connectivity index (χ0) is 14.1. The van der Waals surface area contributed by atoms with Crippen LogP contribution in [0.3, 0.4) is 0 Å². The van der Waals surface area contributed by atoms with Crippen LogP contribution in [0.5, 0.6) is 5.75 Å². The molecular weight excluding hydrogens is 365 g/mol. The number of phenolic OH excluding ortho intramolecular Hbond substituents is 1. The third kappa shape index (κ3) is 6.98. The number of benzene rings is 1. The Kier molecular flexibility index (Phi) is 10.2. The molecule has 4 nitrogen and oxygen atoms in total. The Morgan fingerprint density at radius 1 is 1.25 bits per heavy atom. The van der Waals surface area contributed by atoms with Crippen molar-refractivity contribution in [1.29, 1.82) is 0 Å². The molecule has 0 unspecified atom stereocenters. The Bertz CT molecular complexity index is 393. The highest BCUT2D eigenvalue weighted by Crippen LogP contribution is 2.10. The molecule has 0 heterocycles. The van der Waals surface area contributed by atoms with Crippen LogP contribution in [0.25, 0.3) is 0 Å². The van der Waals surface area contributed by atoms with Crippen LogP contribution >= 0.6 is 24.0 Å². The molecule has 0 aliphatic carbocycles. The fourth-order valence-electron chi connectivity index (χ4n) is 1.74. The molecule has 20 heavy (non-hydrogen) atoms. The molecule has 0 aliphatic heterocycles. The number of halogens is 1. The van der Waals surface area contributed by atoms with Gasteiger partial charge < -0.3 is 15.3 Å². The first kappa shape index (κ1) is 19.0. The minimum Gasteiger partial charge on any atom is -0.508 e. The summed E-state index contributed by atoms with van der Waals surface area (Å²) in [4.78, 5) is 6.78. The zero-order valence-electron chi connectivity index (χ0n) is 12.6. The SMILES string of the molecule is CCCCN(C)C(=NCc1ccc(O)cc1)NCC.I. The Morgan fingerprint density at radius 2 is 1.90 bits per heavy atom. The van der Waals surface area contributed by atoms with Crippen LogP contribution in [-0.4, -0.2) is 36.1 Å². The highest BCUT2D eigenvalue weighted by molar-refractivity contribution is 14.0. The molecule has 5 heteroatoms. The van der Waals surface area contributed by atoms with Crippen LogP contribution in [0.15, 0.2) is 29.3 Å². The maximum absolute atomic E-state index is 9.25. The van der Waals surface area contributed by atoms with Gasteiger partial charge in [0.15, 0.2) is 5.96 Å². The molecule has 0 aliphatic rings. The van der Waals surface area contributed by atoms with Gasteiger partial charge in [-0.2, -0.15) is 0 Å². The van der Waals surface area contributed by atoms with Crippen molar-refractivity contribution in [3.8, 4) is 5.75 Å². The topological polar surface area (TPSA) is 47.9 Å². The number of nitrogens with zero attached hydrogens (tertiary/aromatic N) is 2. The maximum atomic E-state index is 9.25. The minimum absolute atomic E-state index is 0. The molecule has 0 radical (unpaired) electrons. The van der Waals surface area contributed by atoms with Crippen LogP contribution in [-0.2, 0) is 6.54 Å². The smallest absolute Gasteiger partial charge is 0.193 e. The lowest BCUT2D eigenvalue weighted by Crippen LogP contribution is -2.39. The van der Waals surface area contributed by atoms with Crippen LogP contribution in [0.1, 0.15) is 32.3 Å². The molecule has 0 amide bonds. The van der Waals surface area contributed by atoms with Gasteiger partial charge >= 0.3 is 0 Å². The number of hydrogen-bond acceptors (Lipinski definition) is 2. The second-order valence-corrected chi connectivity index (χ2v) is 4.61. The van der Waals surface area contributed by atoms with Crippen molar-refractivity contribution in [2.24, 2.45) is 4.99 Å². The molecule has 1 aromatic carbocycles. The average molecular weight is 391 g/mol. The van der Waals surface area contributed by atoms with E-state index < -0.39 is 0 Å².